The molecule has 0 aliphatic carbocycles. The second-order valence-corrected chi connectivity index (χ2v) is 3.99. The SMILES string of the molecule is Nc1ncc2ncn(CSCCO)c2n1. The van der Waals surface area contributed by atoms with Crippen molar-refractivity contribution in [1.29, 1.82) is 0 Å². The zero-order valence-corrected chi connectivity index (χ0v) is 8.81. The molecule has 0 saturated heterocycles. The van der Waals surface area contributed by atoms with Crippen molar-refractivity contribution in [3.05, 3.63) is 12.5 Å². The first-order valence-corrected chi connectivity index (χ1v) is 5.58. The molecule has 3 N–H and O–H groups in total. The van der Waals surface area contributed by atoms with Crippen LogP contribution in [0.3, 0.4) is 0 Å². The Kier molecular flexibility index (Phi) is 3.02. The van der Waals surface area contributed by atoms with Crippen LogP contribution in [-0.4, -0.2) is 37.0 Å². The molecule has 0 atom stereocenters. The molecule has 0 aliphatic heterocycles. The molecule has 2 aromatic rings. The molecule has 0 amide bonds. The summed E-state index contributed by atoms with van der Waals surface area (Å²) in [5.41, 5.74) is 6.96. The molecule has 2 rings (SSSR count). The molecule has 0 aliphatic rings. The summed E-state index contributed by atoms with van der Waals surface area (Å²) in [4.78, 5) is 12.1. The van der Waals surface area contributed by atoms with Gasteiger partial charge in [-0.1, -0.05) is 0 Å². The number of aliphatic hydroxyl groups is 1. The molecule has 0 bridgehead atoms. The van der Waals surface area contributed by atoms with Crippen molar-refractivity contribution < 1.29 is 5.11 Å². The van der Waals surface area contributed by atoms with Gasteiger partial charge in [0, 0.05) is 5.75 Å². The third-order valence-electron chi connectivity index (χ3n) is 1.84. The smallest absolute Gasteiger partial charge is 0.222 e. The lowest BCUT2D eigenvalue weighted by molar-refractivity contribution is 0.322. The lowest BCUT2D eigenvalue weighted by atomic mass is 10.5. The predicted molar refractivity (Wildman–Crippen MR) is 59.3 cm³/mol. The minimum atomic E-state index is 0.175. The van der Waals surface area contributed by atoms with E-state index in [1.807, 2.05) is 4.57 Å². The highest BCUT2D eigenvalue weighted by Crippen LogP contribution is 2.13. The summed E-state index contributed by atoms with van der Waals surface area (Å²) < 4.78 is 1.88. The molecule has 0 fully saturated rings. The number of aliphatic hydroxyl groups excluding tert-OH is 1. The summed E-state index contributed by atoms with van der Waals surface area (Å²) in [5, 5.41) is 8.66. The summed E-state index contributed by atoms with van der Waals surface area (Å²) in [6.07, 6.45) is 3.30. The molecule has 15 heavy (non-hydrogen) atoms. The maximum absolute atomic E-state index is 8.66. The van der Waals surface area contributed by atoms with E-state index < -0.39 is 0 Å². The van der Waals surface area contributed by atoms with Crippen molar-refractivity contribution in [3.8, 4) is 0 Å². The van der Waals surface area contributed by atoms with Gasteiger partial charge in [0.25, 0.3) is 0 Å². The molecule has 2 aromatic heterocycles. The van der Waals surface area contributed by atoms with Crippen LogP contribution in [-0.2, 0) is 5.88 Å². The number of nitrogens with zero attached hydrogens (tertiary/aromatic N) is 4. The van der Waals surface area contributed by atoms with Gasteiger partial charge in [-0.05, 0) is 0 Å². The molecule has 7 heteroatoms. The summed E-state index contributed by atoms with van der Waals surface area (Å²) >= 11 is 1.60. The van der Waals surface area contributed by atoms with Gasteiger partial charge in [0.1, 0.15) is 5.52 Å². The fourth-order valence-corrected chi connectivity index (χ4v) is 1.83. The number of rotatable bonds is 4. The summed E-state index contributed by atoms with van der Waals surface area (Å²) in [7, 11) is 0. The van der Waals surface area contributed by atoms with Gasteiger partial charge in [0.05, 0.1) is 25.0 Å². The third kappa shape index (κ3) is 2.18. The fourth-order valence-electron chi connectivity index (χ4n) is 1.19. The van der Waals surface area contributed by atoms with Crippen molar-refractivity contribution >= 4 is 28.9 Å². The van der Waals surface area contributed by atoms with E-state index in [-0.39, 0.29) is 12.6 Å². The monoisotopic (exact) mass is 225 g/mol. The normalized spacial score (nSPS) is 11.0. The number of hydrogen-bond acceptors (Lipinski definition) is 6. The quantitative estimate of drug-likeness (QED) is 0.717. The highest BCUT2D eigenvalue weighted by Gasteiger charge is 2.04. The largest absolute Gasteiger partial charge is 0.396 e. The molecule has 0 aromatic carbocycles. The lowest BCUT2D eigenvalue weighted by Crippen LogP contribution is -1.99. The standard InChI is InChI=1S/C8H11N5OS/c9-8-10-3-6-7(12-8)13(4-11-6)5-15-2-1-14/h3-4,14H,1-2,5H2,(H2,9,10,12). The van der Waals surface area contributed by atoms with Crippen molar-refractivity contribution in [2.45, 2.75) is 5.88 Å². The lowest BCUT2D eigenvalue weighted by Gasteiger charge is -2.01. The second-order valence-electron chi connectivity index (χ2n) is 2.91. The van der Waals surface area contributed by atoms with Crippen LogP contribution >= 0.6 is 11.8 Å². The topological polar surface area (TPSA) is 89.8 Å². The summed E-state index contributed by atoms with van der Waals surface area (Å²) in [6.45, 7) is 0.175. The number of nitrogens with two attached hydrogens (primary N) is 1. The molecule has 0 spiro atoms. The molecule has 0 unspecified atom stereocenters. The minimum absolute atomic E-state index is 0.175. The average Bonchev–Trinajstić information content (AvgIpc) is 2.62. The van der Waals surface area contributed by atoms with Gasteiger partial charge < -0.3 is 15.4 Å². The zero-order chi connectivity index (χ0) is 10.7. The van der Waals surface area contributed by atoms with Gasteiger partial charge in [-0.3, -0.25) is 0 Å². The molecule has 6 nitrogen and oxygen atoms in total. The first kappa shape index (κ1) is 10.2. The average molecular weight is 225 g/mol. The van der Waals surface area contributed by atoms with Crippen LogP contribution in [0, 0.1) is 0 Å². The van der Waals surface area contributed by atoms with Gasteiger partial charge in [-0.25, -0.2) is 9.97 Å². The first-order chi connectivity index (χ1) is 7.31. The second kappa shape index (κ2) is 4.45. The van der Waals surface area contributed by atoms with Crippen molar-refractivity contribution in [1.82, 2.24) is 19.5 Å². The Morgan fingerprint density at radius 3 is 3.13 bits per heavy atom. The Morgan fingerprint density at radius 2 is 2.33 bits per heavy atom. The van der Waals surface area contributed by atoms with E-state index in [1.54, 1.807) is 24.3 Å². The van der Waals surface area contributed by atoms with Crippen LogP contribution in [0.25, 0.3) is 11.2 Å². The van der Waals surface area contributed by atoms with Crippen molar-refractivity contribution in [2.24, 2.45) is 0 Å². The fraction of sp³-hybridized carbons (Fsp3) is 0.375. The van der Waals surface area contributed by atoms with E-state index >= 15 is 0 Å². The number of nitrogen functional groups attached to an aromatic ring is 1. The van der Waals surface area contributed by atoms with E-state index in [4.69, 9.17) is 10.8 Å². The van der Waals surface area contributed by atoms with Crippen LogP contribution in [0.5, 0.6) is 0 Å². The van der Waals surface area contributed by atoms with Crippen molar-refractivity contribution in [3.63, 3.8) is 0 Å². The Morgan fingerprint density at radius 1 is 1.47 bits per heavy atom. The molecular formula is C8H11N5OS. The van der Waals surface area contributed by atoms with Gasteiger partial charge in [0.2, 0.25) is 5.95 Å². The number of hydrogen-bond donors (Lipinski definition) is 2. The van der Waals surface area contributed by atoms with Gasteiger partial charge >= 0.3 is 0 Å². The zero-order valence-electron chi connectivity index (χ0n) is 8.00. The minimum Gasteiger partial charge on any atom is -0.396 e. The summed E-state index contributed by atoms with van der Waals surface area (Å²) in [6, 6.07) is 0. The highest BCUT2D eigenvalue weighted by atomic mass is 32.2. The van der Waals surface area contributed by atoms with Crippen molar-refractivity contribution in [2.75, 3.05) is 18.1 Å². The van der Waals surface area contributed by atoms with E-state index in [2.05, 4.69) is 15.0 Å². The summed E-state index contributed by atoms with van der Waals surface area (Å²) in [5.74, 6) is 1.64. The number of thioether (sulfide) groups is 1. The van der Waals surface area contributed by atoms with Gasteiger partial charge in [-0.2, -0.15) is 4.98 Å². The molecular weight excluding hydrogens is 214 g/mol. The molecule has 2 heterocycles. The van der Waals surface area contributed by atoms with Gasteiger partial charge in [0.15, 0.2) is 5.65 Å². The molecule has 0 radical (unpaired) electrons. The third-order valence-corrected chi connectivity index (χ3v) is 2.77. The van der Waals surface area contributed by atoms with E-state index in [9.17, 15) is 0 Å². The van der Waals surface area contributed by atoms with E-state index in [0.717, 1.165) is 11.2 Å². The first-order valence-electron chi connectivity index (χ1n) is 4.43. The van der Waals surface area contributed by atoms with Crippen LogP contribution in [0.15, 0.2) is 12.5 Å². The van der Waals surface area contributed by atoms with Gasteiger partial charge in [-0.15, -0.1) is 11.8 Å². The maximum Gasteiger partial charge on any atom is 0.222 e. The Balaban J connectivity index is 2.23. The van der Waals surface area contributed by atoms with E-state index in [1.165, 1.54) is 0 Å². The number of anilines is 1. The Bertz CT molecular complexity index is 457. The molecule has 80 valence electrons. The van der Waals surface area contributed by atoms with Crippen LogP contribution < -0.4 is 5.73 Å². The maximum atomic E-state index is 8.66. The predicted octanol–water partition coefficient (Wildman–Crippen LogP) is 0.0915. The van der Waals surface area contributed by atoms with E-state index in [0.29, 0.717) is 11.6 Å². The van der Waals surface area contributed by atoms with Crippen LogP contribution in [0.1, 0.15) is 0 Å². The Labute approximate surface area is 90.5 Å². The van der Waals surface area contributed by atoms with Crippen LogP contribution in [0.2, 0.25) is 0 Å². The highest BCUT2D eigenvalue weighted by molar-refractivity contribution is 7.98. The number of fused-ring (bicyclic) bond motifs is 1. The van der Waals surface area contributed by atoms with Crippen LogP contribution in [0.4, 0.5) is 5.95 Å². The molecule has 0 saturated carbocycles. The number of aromatic nitrogens is 4. The number of imidazole rings is 1. The Hall–Kier alpha value is -1.34.